The van der Waals surface area contributed by atoms with Crippen LogP contribution >= 0.6 is 0 Å². The lowest BCUT2D eigenvalue weighted by molar-refractivity contribution is -0.139. The zero-order chi connectivity index (χ0) is 24.4. The van der Waals surface area contributed by atoms with Gasteiger partial charge in [-0.05, 0) is 50.0 Å². The molecule has 186 valence electrons. The average molecular weight is 478 g/mol. The van der Waals surface area contributed by atoms with Crippen molar-refractivity contribution in [1.29, 1.82) is 0 Å². The molecule has 35 heavy (non-hydrogen) atoms. The zero-order valence-electron chi connectivity index (χ0n) is 20.2. The van der Waals surface area contributed by atoms with Gasteiger partial charge in [0.2, 0.25) is 11.8 Å². The van der Waals surface area contributed by atoms with Crippen molar-refractivity contribution >= 4 is 28.5 Å². The number of aromatic hydroxyl groups is 1. The maximum Gasteiger partial charge on any atom is 0.258 e. The molecule has 0 radical (unpaired) electrons. The van der Waals surface area contributed by atoms with E-state index in [9.17, 15) is 19.5 Å². The molecule has 3 fully saturated rings. The Kier molecular flexibility index (Phi) is 6.93. The highest BCUT2D eigenvalue weighted by molar-refractivity contribution is 6.05. The second-order valence-corrected chi connectivity index (χ2v) is 10.3. The minimum atomic E-state index is -0.548. The lowest BCUT2D eigenvalue weighted by atomic mass is 9.92. The second-order valence-electron chi connectivity index (χ2n) is 10.3. The monoisotopic (exact) mass is 477 g/mol. The van der Waals surface area contributed by atoms with Crippen molar-refractivity contribution in [3.8, 4) is 5.75 Å². The number of piperidine rings is 1. The molecule has 0 spiro atoms. The van der Waals surface area contributed by atoms with E-state index < -0.39 is 6.04 Å². The van der Waals surface area contributed by atoms with E-state index in [4.69, 9.17) is 0 Å². The van der Waals surface area contributed by atoms with Gasteiger partial charge in [-0.25, -0.2) is 0 Å². The maximum absolute atomic E-state index is 13.5. The first-order chi connectivity index (χ1) is 17.0. The fourth-order valence-electron chi connectivity index (χ4n) is 6.02. The lowest BCUT2D eigenvalue weighted by Crippen LogP contribution is -2.53. The largest absolute Gasteiger partial charge is 0.506 e. The second kappa shape index (κ2) is 10.3. The summed E-state index contributed by atoms with van der Waals surface area (Å²) in [5.41, 5.74) is 0.229. The molecule has 7 heteroatoms. The van der Waals surface area contributed by atoms with Crippen LogP contribution in [0.25, 0.3) is 10.8 Å². The van der Waals surface area contributed by atoms with Crippen LogP contribution in [0.3, 0.4) is 0 Å². The van der Waals surface area contributed by atoms with Crippen LogP contribution in [0.5, 0.6) is 5.75 Å². The summed E-state index contributed by atoms with van der Waals surface area (Å²) in [5, 5.41) is 15.5. The third-order valence-electron chi connectivity index (χ3n) is 7.99. The Labute approximate surface area is 206 Å². The van der Waals surface area contributed by atoms with Crippen LogP contribution in [-0.2, 0) is 9.59 Å². The minimum Gasteiger partial charge on any atom is -0.506 e. The maximum atomic E-state index is 13.5. The number of phenolic OH excluding ortho intramolecular Hbond substituents is 1. The average Bonchev–Trinajstić information content (AvgIpc) is 3.39. The van der Waals surface area contributed by atoms with Gasteiger partial charge in [0.25, 0.3) is 5.91 Å². The molecule has 7 nitrogen and oxygen atoms in total. The predicted octanol–water partition coefficient (Wildman–Crippen LogP) is 3.84. The molecule has 2 aliphatic heterocycles. The van der Waals surface area contributed by atoms with Crippen LogP contribution < -0.4 is 5.32 Å². The highest BCUT2D eigenvalue weighted by atomic mass is 16.3. The third-order valence-corrected chi connectivity index (χ3v) is 7.99. The van der Waals surface area contributed by atoms with Crippen LogP contribution in [0.15, 0.2) is 36.4 Å². The van der Waals surface area contributed by atoms with Gasteiger partial charge < -0.3 is 20.2 Å². The first-order valence-corrected chi connectivity index (χ1v) is 13.1. The quantitative estimate of drug-likeness (QED) is 0.700. The molecule has 2 saturated heterocycles. The topological polar surface area (TPSA) is 90.0 Å². The Bertz CT molecular complexity index is 1110. The molecule has 2 atom stereocenters. The number of hydrogen-bond acceptors (Lipinski definition) is 4. The number of amides is 3. The highest BCUT2D eigenvalue weighted by Crippen LogP contribution is 2.32. The standard InChI is InChI=1S/C28H35N3O4/c32-25-22-12-5-4-8-19(22)14-15-23(25)27(34)31-17-7-13-24(31)28(35)30-16-6-9-20(18-30)26(33)29-21-10-2-1-3-11-21/h4-5,8,12,14-15,20-21,24,32H,1-3,6-7,9-11,13,16-18H2,(H,29,33). The molecule has 2 N–H and O–H groups in total. The number of rotatable bonds is 4. The Morgan fingerprint density at radius 3 is 2.46 bits per heavy atom. The first kappa shape index (κ1) is 23.6. The van der Waals surface area contributed by atoms with Crippen molar-refractivity contribution in [2.45, 2.75) is 69.9 Å². The number of carbonyl (C=O) groups excluding carboxylic acids is 3. The van der Waals surface area contributed by atoms with Gasteiger partial charge in [-0.3, -0.25) is 14.4 Å². The van der Waals surface area contributed by atoms with Gasteiger partial charge in [-0.2, -0.15) is 0 Å². The summed E-state index contributed by atoms with van der Waals surface area (Å²) < 4.78 is 0. The number of hydrogen-bond donors (Lipinski definition) is 2. The van der Waals surface area contributed by atoms with E-state index in [1.807, 2.05) is 24.3 Å². The van der Waals surface area contributed by atoms with Gasteiger partial charge in [0.1, 0.15) is 11.8 Å². The molecular formula is C28H35N3O4. The van der Waals surface area contributed by atoms with E-state index >= 15 is 0 Å². The number of phenols is 1. The van der Waals surface area contributed by atoms with Crippen molar-refractivity contribution in [3.05, 3.63) is 42.0 Å². The van der Waals surface area contributed by atoms with Crippen molar-refractivity contribution < 1.29 is 19.5 Å². The third kappa shape index (κ3) is 4.86. The Hall–Kier alpha value is -3.09. The molecule has 2 aromatic rings. The van der Waals surface area contributed by atoms with Gasteiger partial charge in [-0.15, -0.1) is 0 Å². The first-order valence-electron chi connectivity index (χ1n) is 13.1. The van der Waals surface area contributed by atoms with Crippen LogP contribution in [0.4, 0.5) is 0 Å². The van der Waals surface area contributed by atoms with E-state index in [2.05, 4.69) is 5.32 Å². The summed E-state index contributed by atoms with van der Waals surface area (Å²) in [5.74, 6) is -0.554. The number of likely N-dealkylation sites (tertiary alicyclic amines) is 2. The van der Waals surface area contributed by atoms with Crippen LogP contribution in [0.2, 0.25) is 0 Å². The van der Waals surface area contributed by atoms with Crippen LogP contribution in [-0.4, -0.2) is 64.3 Å². The van der Waals surface area contributed by atoms with Gasteiger partial charge in [0, 0.05) is 31.1 Å². The smallest absolute Gasteiger partial charge is 0.258 e. The molecular weight excluding hydrogens is 442 g/mol. The minimum absolute atomic E-state index is 0.0383. The molecule has 5 rings (SSSR count). The fourth-order valence-corrected chi connectivity index (χ4v) is 6.02. The number of carbonyl (C=O) groups is 3. The summed E-state index contributed by atoms with van der Waals surface area (Å²) in [6.45, 7) is 1.52. The van der Waals surface area contributed by atoms with Crippen molar-refractivity contribution in [3.63, 3.8) is 0 Å². The number of fused-ring (bicyclic) bond motifs is 1. The summed E-state index contributed by atoms with van der Waals surface area (Å²) in [6.07, 6.45) is 8.60. The predicted molar refractivity (Wildman–Crippen MR) is 134 cm³/mol. The Morgan fingerprint density at radius 1 is 0.857 bits per heavy atom. The van der Waals surface area contributed by atoms with Gasteiger partial charge >= 0.3 is 0 Å². The van der Waals surface area contributed by atoms with Gasteiger partial charge in [0.15, 0.2) is 0 Å². The molecule has 3 amide bonds. The van der Waals surface area contributed by atoms with Crippen LogP contribution in [0, 0.1) is 5.92 Å². The molecule has 3 aliphatic rings. The normalized spacial score (nSPS) is 23.4. The van der Waals surface area contributed by atoms with Gasteiger partial charge in [0.05, 0.1) is 11.5 Å². The molecule has 1 aliphatic carbocycles. The van der Waals surface area contributed by atoms with E-state index in [1.54, 1.807) is 21.9 Å². The Balaban J connectivity index is 1.27. The van der Waals surface area contributed by atoms with Gasteiger partial charge in [-0.1, -0.05) is 49.6 Å². The van der Waals surface area contributed by atoms with E-state index in [0.717, 1.165) is 37.5 Å². The van der Waals surface area contributed by atoms with E-state index in [1.165, 1.54) is 19.3 Å². The number of nitrogens with zero attached hydrogens (tertiary/aromatic N) is 2. The van der Waals surface area contributed by atoms with Crippen LogP contribution in [0.1, 0.15) is 68.1 Å². The summed E-state index contributed by atoms with van der Waals surface area (Å²) in [6, 6.07) is 10.6. The van der Waals surface area contributed by atoms with E-state index in [0.29, 0.717) is 31.4 Å². The number of nitrogens with one attached hydrogen (secondary N) is 1. The fraction of sp³-hybridized carbons (Fsp3) is 0.536. The summed E-state index contributed by atoms with van der Waals surface area (Å²) >= 11 is 0. The molecule has 0 aromatic heterocycles. The highest BCUT2D eigenvalue weighted by Gasteiger charge is 2.39. The summed E-state index contributed by atoms with van der Waals surface area (Å²) in [7, 11) is 0. The van der Waals surface area contributed by atoms with E-state index in [-0.39, 0.29) is 41.0 Å². The van der Waals surface area contributed by atoms with Crippen molar-refractivity contribution in [2.75, 3.05) is 19.6 Å². The summed E-state index contributed by atoms with van der Waals surface area (Å²) in [4.78, 5) is 43.3. The zero-order valence-corrected chi connectivity index (χ0v) is 20.2. The SMILES string of the molecule is O=C(NC1CCCCC1)C1CCCN(C(=O)C2CCCN2C(=O)c2ccc3ccccc3c2O)C1. The molecule has 1 saturated carbocycles. The molecule has 2 heterocycles. The Morgan fingerprint density at radius 2 is 1.63 bits per heavy atom. The van der Waals surface area contributed by atoms with Crippen molar-refractivity contribution in [1.82, 2.24) is 15.1 Å². The molecule has 2 unspecified atom stereocenters. The molecule has 2 aromatic carbocycles. The molecule has 0 bridgehead atoms. The van der Waals surface area contributed by atoms with Crippen molar-refractivity contribution in [2.24, 2.45) is 5.92 Å². The lowest BCUT2D eigenvalue weighted by Gasteiger charge is -2.36. The number of benzene rings is 2.